The lowest BCUT2D eigenvalue weighted by Crippen LogP contribution is -2.56. The number of aromatic nitrogens is 3. The topological polar surface area (TPSA) is 164 Å². The Morgan fingerprint density at radius 2 is 1.83 bits per heavy atom. The van der Waals surface area contributed by atoms with Crippen molar-refractivity contribution < 1.29 is 29.0 Å². The Bertz CT molecular complexity index is 2140. The van der Waals surface area contributed by atoms with Crippen molar-refractivity contribution in [1.29, 1.82) is 0 Å². The molecule has 54 heavy (non-hydrogen) atoms. The van der Waals surface area contributed by atoms with Gasteiger partial charge in [-0.2, -0.15) is 0 Å². The largest absolute Gasteiger partial charge is 0.508 e. The van der Waals surface area contributed by atoms with E-state index >= 15 is 0 Å². The number of carbonyl (C=O) groups is 4. The van der Waals surface area contributed by atoms with Crippen LogP contribution in [0.4, 0.5) is 0 Å². The maximum absolute atomic E-state index is 14.6. The normalized spacial score (nSPS) is 25.2. The summed E-state index contributed by atoms with van der Waals surface area (Å²) in [6.07, 6.45) is 14.6. The van der Waals surface area contributed by atoms with Crippen LogP contribution >= 0.6 is 0 Å². The van der Waals surface area contributed by atoms with E-state index in [4.69, 9.17) is 14.7 Å². The molecule has 278 valence electrons. The number of nitrogens with one attached hydrogen (secondary N) is 2. The van der Waals surface area contributed by atoms with Crippen molar-refractivity contribution in [1.82, 2.24) is 30.5 Å². The first-order chi connectivity index (χ1) is 26.1. The molecular weight excluding hydrogens is 684 g/mol. The Balaban J connectivity index is 1.21. The van der Waals surface area contributed by atoms with Gasteiger partial charge in [-0.1, -0.05) is 55.3 Å². The van der Waals surface area contributed by atoms with Crippen molar-refractivity contribution >= 4 is 46.7 Å². The average Bonchev–Trinajstić information content (AvgIpc) is 3.71. The second kappa shape index (κ2) is 15.6. The van der Waals surface area contributed by atoms with Gasteiger partial charge in [0.25, 0.3) is 5.91 Å². The number of benzene rings is 2. The van der Waals surface area contributed by atoms with E-state index in [0.717, 1.165) is 24.8 Å². The summed E-state index contributed by atoms with van der Waals surface area (Å²) in [4.78, 5) is 70.8. The van der Waals surface area contributed by atoms with Crippen molar-refractivity contribution in [2.75, 3.05) is 6.54 Å². The molecule has 12 heteroatoms. The van der Waals surface area contributed by atoms with Crippen molar-refractivity contribution in [3.63, 3.8) is 0 Å². The lowest BCUT2D eigenvalue weighted by molar-refractivity contribution is -0.141. The van der Waals surface area contributed by atoms with Crippen LogP contribution in [0.1, 0.15) is 79.0 Å². The van der Waals surface area contributed by atoms with Gasteiger partial charge in [-0.15, -0.1) is 0 Å². The predicted molar refractivity (Wildman–Crippen MR) is 203 cm³/mol. The predicted octanol–water partition coefficient (Wildman–Crippen LogP) is 5.34. The number of ether oxygens (including phenoxy) is 1. The van der Waals surface area contributed by atoms with Gasteiger partial charge in [0.15, 0.2) is 5.78 Å². The number of rotatable bonds is 7. The monoisotopic (exact) mass is 728 g/mol. The Morgan fingerprint density at radius 3 is 2.61 bits per heavy atom. The van der Waals surface area contributed by atoms with Crippen LogP contribution < -0.4 is 15.4 Å². The molecule has 3 aliphatic rings. The third kappa shape index (κ3) is 7.73. The molecule has 4 aromatic rings. The third-order valence-electron chi connectivity index (χ3n) is 10.7. The van der Waals surface area contributed by atoms with Crippen LogP contribution in [-0.4, -0.2) is 78.7 Å². The number of phenols is 1. The van der Waals surface area contributed by atoms with Crippen LogP contribution in [0.25, 0.3) is 23.2 Å². The molecule has 3 N–H and O–H groups in total. The number of nitrogens with zero attached hydrogens (tertiary/aromatic N) is 4. The average molecular weight is 729 g/mol. The minimum Gasteiger partial charge on any atom is -0.508 e. The van der Waals surface area contributed by atoms with Gasteiger partial charge in [-0.05, 0) is 81.5 Å². The Morgan fingerprint density at radius 1 is 1.02 bits per heavy atom. The molecule has 2 aromatic carbocycles. The first kappa shape index (κ1) is 36.4. The second-order valence-corrected chi connectivity index (χ2v) is 14.4. The first-order valence-corrected chi connectivity index (χ1v) is 18.5. The minimum absolute atomic E-state index is 0.0235. The quantitative estimate of drug-likeness (QED) is 0.213. The van der Waals surface area contributed by atoms with Crippen molar-refractivity contribution in [3.05, 3.63) is 102 Å². The summed E-state index contributed by atoms with van der Waals surface area (Å²) in [5.74, 6) is -1.42. The molecule has 1 saturated carbocycles. The summed E-state index contributed by atoms with van der Waals surface area (Å²) in [6.45, 7) is 3.16. The Kier molecular flexibility index (Phi) is 10.5. The van der Waals surface area contributed by atoms with Gasteiger partial charge in [0.1, 0.15) is 35.2 Å². The summed E-state index contributed by atoms with van der Waals surface area (Å²) < 4.78 is 6.56. The van der Waals surface area contributed by atoms with Gasteiger partial charge in [-0.25, -0.2) is 9.97 Å². The number of Topliss-reactive ketones (excluding diaryl/α,β-unsaturated/α-hetero) is 1. The summed E-state index contributed by atoms with van der Waals surface area (Å²) in [5, 5.41) is 16.2. The standard InChI is InChI=1S/C42H44N6O6/c1-26-31(14-10-18-37(26)50)38(51)45-35-17-7-5-3-4-6-13-29-23-42(29,27(2)49)47-39(52)36-22-30(25-48(36)41(35)53)54-40-34(20-19-28-12-11-21-43-24-28)44-32-15-8-9-16-33(32)46-40/h6,8-16,18-21,24,29-30,35-36,50H,3-5,7,17,22-23,25H2,1-2H3,(H,45,51)(H,47,52)/b13-6-,20-19+/t29-,30?,35+,36+,42+/m1/s1. The molecule has 12 nitrogen and oxygen atoms in total. The van der Waals surface area contributed by atoms with E-state index in [1.54, 1.807) is 37.5 Å². The number of fused-ring (bicyclic) bond motifs is 3. The molecule has 0 radical (unpaired) electrons. The maximum atomic E-state index is 14.6. The number of carbonyl (C=O) groups excluding carboxylic acids is 4. The van der Waals surface area contributed by atoms with Crippen LogP contribution in [-0.2, 0) is 14.4 Å². The number of hydrogen-bond acceptors (Lipinski definition) is 9. The second-order valence-electron chi connectivity index (χ2n) is 14.4. The van der Waals surface area contributed by atoms with Gasteiger partial charge in [0.05, 0.1) is 17.6 Å². The molecule has 2 fully saturated rings. The summed E-state index contributed by atoms with van der Waals surface area (Å²) >= 11 is 0. The Hall–Kier alpha value is -5.91. The zero-order valence-electron chi connectivity index (χ0n) is 30.4. The molecule has 4 heterocycles. The van der Waals surface area contributed by atoms with E-state index in [1.807, 2.05) is 48.6 Å². The van der Waals surface area contributed by atoms with E-state index in [9.17, 15) is 24.3 Å². The summed E-state index contributed by atoms with van der Waals surface area (Å²) in [7, 11) is 0. The first-order valence-electron chi connectivity index (χ1n) is 18.5. The fourth-order valence-electron chi connectivity index (χ4n) is 7.45. The maximum Gasteiger partial charge on any atom is 0.252 e. The van der Waals surface area contributed by atoms with Gasteiger partial charge < -0.3 is 25.4 Å². The third-order valence-corrected chi connectivity index (χ3v) is 10.7. The van der Waals surface area contributed by atoms with Crippen molar-refractivity contribution in [2.24, 2.45) is 5.92 Å². The zero-order chi connectivity index (χ0) is 37.8. The fourth-order valence-corrected chi connectivity index (χ4v) is 7.45. The highest BCUT2D eigenvalue weighted by molar-refractivity contribution is 6.01. The molecule has 2 aliphatic heterocycles. The molecule has 0 spiro atoms. The highest BCUT2D eigenvalue weighted by Gasteiger charge is 2.59. The van der Waals surface area contributed by atoms with Crippen molar-refractivity contribution in [3.8, 4) is 11.6 Å². The number of phenolic OH excluding ortho intramolecular Hbond substituents is 1. The molecule has 2 aromatic heterocycles. The lowest BCUT2D eigenvalue weighted by atomic mass is 10.0. The van der Waals surface area contributed by atoms with Crippen LogP contribution in [0.3, 0.4) is 0 Å². The lowest BCUT2D eigenvalue weighted by Gasteiger charge is -2.30. The zero-order valence-corrected chi connectivity index (χ0v) is 30.4. The summed E-state index contributed by atoms with van der Waals surface area (Å²) in [6, 6.07) is 13.9. The van der Waals surface area contributed by atoms with Crippen LogP contribution in [0, 0.1) is 12.8 Å². The summed E-state index contributed by atoms with van der Waals surface area (Å²) in [5.41, 5.74) is 2.24. The van der Waals surface area contributed by atoms with Gasteiger partial charge in [0.2, 0.25) is 17.7 Å². The van der Waals surface area contributed by atoms with Crippen LogP contribution in [0.2, 0.25) is 0 Å². The molecule has 5 atom stereocenters. The molecule has 7 rings (SSSR count). The molecule has 3 amide bonds. The number of amides is 3. The molecule has 1 unspecified atom stereocenters. The molecular formula is C42H44N6O6. The van der Waals surface area contributed by atoms with E-state index < -0.39 is 41.4 Å². The smallest absolute Gasteiger partial charge is 0.252 e. The van der Waals surface area contributed by atoms with E-state index in [2.05, 4.69) is 21.7 Å². The van der Waals surface area contributed by atoms with Crippen LogP contribution in [0.5, 0.6) is 11.6 Å². The number of para-hydroxylation sites is 2. The Labute approximate surface area is 313 Å². The number of pyridine rings is 1. The number of ketones is 1. The van der Waals surface area contributed by atoms with Gasteiger partial charge >= 0.3 is 0 Å². The van der Waals surface area contributed by atoms with E-state index in [0.29, 0.717) is 41.6 Å². The van der Waals surface area contributed by atoms with Gasteiger partial charge in [0, 0.05) is 35.9 Å². The number of aromatic hydroxyl groups is 1. The number of allylic oxidation sites excluding steroid dienone is 1. The minimum atomic E-state index is -1.03. The van der Waals surface area contributed by atoms with E-state index in [1.165, 1.54) is 17.9 Å². The SMILES string of the molecule is CC(=O)[C@@]12C[C@H]1/C=C\CCCCC[C@H](NC(=O)c1cccc(O)c1C)C(=O)N1CC(Oc3nc4ccccc4nc3/C=C/c3cccnc3)C[C@H]1C(=O)N2. The molecule has 0 bridgehead atoms. The molecule has 1 aliphatic carbocycles. The van der Waals surface area contributed by atoms with E-state index in [-0.39, 0.29) is 41.9 Å². The number of hydrogen-bond donors (Lipinski definition) is 3. The fraction of sp³-hybridized carbons (Fsp3) is 0.357. The molecule has 1 saturated heterocycles. The van der Waals surface area contributed by atoms with Crippen molar-refractivity contribution in [2.45, 2.75) is 82.5 Å². The van der Waals surface area contributed by atoms with Crippen LogP contribution in [0.15, 0.2) is 79.1 Å². The highest BCUT2D eigenvalue weighted by Crippen LogP contribution is 2.46. The van der Waals surface area contributed by atoms with Gasteiger partial charge in [-0.3, -0.25) is 24.2 Å². The highest BCUT2D eigenvalue weighted by atomic mass is 16.5.